The summed E-state index contributed by atoms with van der Waals surface area (Å²) in [6.07, 6.45) is 0. The van der Waals surface area contributed by atoms with Gasteiger partial charge >= 0.3 is 0 Å². The summed E-state index contributed by atoms with van der Waals surface area (Å²) in [5.74, 6) is -0.524. The first-order chi connectivity index (χ1) is 6.56. The zero-order valence-electron chi connectivity index (χ0n) is 7.85. The summed E-state index contributed by atoms with van der Waals surface area (Å²) in [4.78, 5) is 16.5. The van der Waals surface area contributed by atoms with Gasteiger partial charge in [0.25, 0.3) is 5.91 Å². The van der Waals surface area contributed by atoms with E-state index in [1.54, 1.807) is 20.2 Å². The minimum atomic E-state index is -0.304. The van der Waals surface area contributed by atoms with Crippen molar-refractivity contribution in [2.75, 3.05) is 14.1 Å². The van der Waals surface area contributed by atoms with Crippen LogP contribution in [-0.4, -0.2) is 35.0 Å². The van der Waals surface area contributed by atoms with Gasteiger partial charge in [-0.3, -0.25) is 4.79 Å². The molecule has 0 radical (unpaired) electrons. The van der Waals surface area contributed by atoms with Gasteiger partial charge in [0, 0.05) is 14.1 Å². The Kier molecular flexibility index (Phi) is 2.67. The van der Waals surface area contributed by atoms with Crippen molar-refractivity contribution in [3.63, 3.8) is 0 Å². The molecule has 1 aromatic rings. The predicted molar refractivity (Wildman–Crippen MR) is 48.6 cm³/mol. The van der Waals surface area contributed by atoms with Gasteiger partial charge in [0.05, 0.1) is 0 Å². The van der Waals surface area contributed by atoms with Gasteiger partial charge in [0.15, 0.2) is 11.4 Å². The standard InChI is InChI=1S/C9H9N3O2/c1-12(2)9(14)6-3-4-8(13)7(5-10)11-6/h3-4,13H,1-2H3. The average molecular weight is 191 g/mol. The summed E-state index contributed by atoms with van der Waals surface area (Å²) >= 11 is 0. The van der Waals surface area contributed by atoms with E-state index in [2.05, 4.69) is 4.98 Å². The molecule has 0 saturated heterocycles. The number of rotatable bonds is 1. The lowest BCUT2D eigenvalue weighted by Gasteiger charge is -2.09. The molecule has 0 fully saturated rings. The van der Waals surface area contributed by atoms with Crippen molar-refractivity contribution in [1.29, 1.82) is 5.26 Å². The van der Waals surface area contributed by atoms with Crippen molar-refractivity contribution in [3.05, 3.63) is 23.5 Å². The smallest absolute Gasteiger partial charge is 0.271 e. The van der Waals surface area contributed by atoms with E-state index >= 15 is 0 Å². The third-order valence-corrected chi connectivity index (χ3v) is 1.61. The highest BCUT2D eigenvalue weighted by Gasteiger charge is 2.12. The first-order valence-electron chi connectivity index (χ1n) is 3.88. The molecule has 1 aromatic heterocycles. The quantitative estimate of drug-likeness (QED) is 0.695. The van der Waals surface area contributed by atoms with Crippen molar-refractivity contribution >= 4 is 5.91 Å². The molecular weight excluding hydrogens is 182 g/mol. The second-order valence-electron chi connectivity index (χ2n) is 2.88. The Morgan fingerprint density at radius 2 is 2.21 bits per heavy atom. The average Bonchev–Trinajstić information content (AvgIpc) is 2.17. The monoisotopic (exact) mass is 191 g/mol. The highest BCUT2D eigenvalue weighted by atomic mass is 16.3. The molecule has 0 saturated carbocycles. The molecule has 0 aliphatic heterocycles. The zero-order chi connectivity index (χ0) is 10.7. The van der Waals surface area contributed by atoms with Gasteiger partial charge in [0.2, 0.25) is 0 Å². The number of carbonyl (C=O) groups excluding carboxylic acids is 1. The number of pyridine rings is 1. The zero-order valence-corrected chi connectivity index (χ0v) is 7.85. The lowest BCUT2D eigenvalue weighted by atomic mass is 10.2. The molecule has 5 nitrogen and oxygen atoms in total. The Hall–Kier alpha value is -2.09. The number of amides is 1. The Morgan fingerprint density at radius 3 is 2.71 bits per heavy atom. The van der Waals surface area contributed by atoms with Crippen LogP contribution in [0.5, 0.6) is 5.75 Å². The summed E-state index contributed by atoms with van der Waals surface area (Å²) in [7, 11) is 3.17. The molecule has 72 valence electrons. The number of aromatic nitrogens is 1. The van der Waals surface area contributed by atoms with Crippen LogP contribution in [0.4, 0.5) is 0 Å². The van der Waals surface area contributed by atoms with E-state index in [0.29, 0.717) is 0 Å². The topological polar surface area (TPSA) is 77.2 Å². The van der Waals surface area contributed by atoms with Gasteiger partial charge in [-0.25, -0.2) is 4.98 Å². The Labute approximate surface area is 81.2 Å². The first kappa shape index (κ1) is 9.99. The fourth-order valence-electron chi connectivity index (χ4n) is 0.882. The Morgan fingerprint density at radius 1 is 1.57 bits per heavy atom. The van der Waals surface area contributed by atoms with Crippen LogP contribution in [0.15, 0.2) is 12.1 Å². The minimum absolute atomic E-state index is 0.141. The summed E-state index contributed by atoms with van der Waals surface area (Å²) in [6, 6.07) is 4.35. The molecule has 14 heavy (non-hydrogen) atoms. The van der Waals surface area contributed by atoms with E-state index in [4.69, 9.17) is 10.4 Å². The summed E-state index contributed by atoms with van der Waals surface area (Å²) in [5.41, 5.74) is 0.00190. The second kappa shape index (κ2) is 3.75. The van der Waals surface area contributed by atoms with Gasteiger partial charge in [0.1, 0.15) is 11.8 Å². The fourth-order valence-corrected chi connectivity index (χ4v) is 0.882. The Bertz CT molecular complexity index is 407. The molecule has 1 rings (SSSR count). The van der Waals surface area contributed by atoms with E-state index in [9.17, 15) is 4.79 Å². The third kappa shape index (κ3) is 1.80. The molecule has 5 heteroatoms. The van der Waals surface area contributed by atoms with Gasteiger partial charge in [-0.05, 0) is 12.1 Å². The van der Waals surface area contributed by atoms with Crippen molar-refractivity contribution in [3.8, 4) is 11.8 Å². The number of nitriles is 1. The summed E-state index contributed by atoms with van der Waals surface area (Å²) in [6.45, 7) is 0. The number of hydrogen-bond donors (Lipinski definition) is 1. The summed E-state index contributed by atoms with van der Waals surface area (Å²) < 4.78 is 0. The molecule has 0 aliphatic carbocycles. The molecule has 1 N–H and O–H groups in total. The number of carbonyl (C=O) groups is 1. The van der Waals surface area contributed by atoms with Crippen LogP contribution in [0.1, 0.15) is 16.2 Å². The van der Waals surface area contributed by atoms with Gasteiger partial charge in [-0.15, -0.1) is 0 Å². The molecule has 0 bridgehead atoms. The van der Waals surface area contributed by atoms with Crippen molar-refractivity contribution < 1.29 is 9.90 Å². The molecule has 0 atom stereocenters. The van der Waals surface area contributed by atoms with E-state index in [1.165, 1.54) is 17.0 Å². The van der Waals surface area contributed by atoms with Crippen LogP contribution in [-0.2, 0) is 0 Å². The maximum Gasteiger partial charge on any atom is 0.271 e. The van der Waals surface area contributed by atoms with Crippen molar-refractivity contribution in [2.45, 2.75) is 0 Å². The Balaban J connectivity index is 3.15. The van der Waals surface area contributed by atoms with Crippen LogP contribution in [0.3, 0.4) is 0 Å². The summed E-state index contributed by atoms with van der Waals surface area (Å²) in [5, 5.41) is 17.7. The van der Waals surface area contributed by atoms with Crippen LogP contribution in [0.25, 0.3) is 0 Å². The van der Waals surface area contributed by atoms with Gasteiger partial charge in [-0.1, -0.05) is 0 Å². The predicted octanol–water partition coefficient (Wildman–Crippen LogP) is 0.361. The van der Waals surface area contributed by atoms with E-state index in [0.717, 1.165) is 0 Å². The molecular formula is C9H9N3O2. The lowest BCUT2D eigenvalue weighted by Crippen LogP contribution is -2.22. The van der Waals surface area contributed by atoms with E-state index in [-0.39, 0.29) is 23.0 Å². The van der Waals surface area contributed by atoms with Crippen molar-refractivity contribution in [2.24, 2.45) is 0 Å². The lowest BCUT2D eigenvalue weighted by molar-refractivity contribution is 0.0822. The fraction of sp³-hybridized carbons (Fsp3) is 0.222. The van der Waals surface area contributed by atoms with Crippen molar-refractivity contribution in [1.82, 2.24) is 9.88 Å². The van der Waals surface area contributed by atoms with E-state index in [1.807, 2.05) is 0 Å². The van der Waals surface area contributed by atoms with Crippen LogP contribution >= 0.6 is 0 Å². The molecule has 0 unspecified atom stereocenters. The second-order valence-corrected chi connectivity index (χ2v) is 2.88. The minimum Gasteiger partial charge on any atom is -0.505 e. The first-order valence-corrected chi connectivity index (χ1v) is 3.88. The SMILES string of the molecule is CN(C)C(=O)c1ccc(O)c(C#N)n1. The maximum atomic E-state index is 11.4. The molecule has 1 amide bonds. The third-order valence-electron chi connectivity index (χ3n) is 1.61. The largest absolute Gasteiger partial charge is 0.505 e. The normalized spacial score (nSPS) is 9.21. The highest BCUT2D eigenvalue weighted by Crippen LogP contribution is 2.13. The van der Waals surface area contributed by atoms with Gasteiger partial charge < -0.3 is 10.0 Å². The molecule has 1 heterocycles. The molecule has 0 aromatic carbocycles. The van der Waals surface area contributed by atoms with Crippen LogP contribution in [0.2, 0.25) is 0 Å². The van der Waals surface area contributed by atoms with Crippen LogP contribution < -0.4 is 0 Å². The molecule has 0 aliphatic rings. The van der Waals surface area contributed by atoms with Gasteiger partial charge in [-0.2, -0.15) is 5.26 Å². The van der Waals surface area contributed by atoms with E-state index < -0.39 is 0 Å². The number of nitrogens with zero attached hydrogens (tertiary/aromatic N) is 3. The highest BCUT2D eigenvalue weighted by molar-refractivity contribution is 5.92. The van der Waals surface area contributed by atoms with Crippen LogP contribution in [0, 0.1) is 11.3 Å². The molecule has 0 spiro atoms. The number of aromatic hydroxyl groups is 1. The number of hydrogen-bond acceptors (Lipinski definition) is 4. The maximum absolute atomic E-state index is 11.4.